The van der Waals surface area contributed by atoms with Crippen molar-refractivity contribution in [2.75, 3.05) is 11.9 Å². The van der Waals surface area contributed by atoms with Crippen molar-refractivity contribution in [1.29, 1.82) is 0 Å². The molecule has 0 aliphatic heterocycles. The smallest absolute Gasteiger partial charge is 0.344 e. The minimum absolute atomic E-state index is 0.0169. The number of hydrogen-bond acceptors (Lipinski definition) is 6. The summed E-state index contributed by atoms with van der Waals surface area (Å²) in [5.41, 5.74) is 0.550. The van der Waals surface area contributed by atoms with E-state index in [1.165, 1.54) is 25.1 Å². The molecule has 0 aliphatic rings. The molecule has 0 saturated heterocycles. The first kappa shape index (κ1) is 20.2. The standard InChI is InChI=1S/C18H17ClN2O6/c1-11-9-13(7-8-14(11)19)26-10-17(22)27-12(2)18(23)20-15-5-3-4-6-16(15)21(24)25/h3-9,12H,10H2,1-2H3,(H,20,23)/t12-/m1/s1. The van der Waals surface area contributed by atoms with Crippen molar-refractivity contribution in [3.8, 4) is 5.75 Å². The van der Waals surface area contributed by atoms with E-state index in [1.54, 1.807) is 31.2 Å². The number of ether oxygens (including phenoxy) is 2. The number of nitro groups is 1. The Balaban J connectivity index is 1.89. The Labute approximate surface area is 160 Å². The van der Waals surface area contributed by atoms with Crippen molar-refractivity contribution in [2.24, 2.45) is 0 Å². The highest BCUT2D eigenvalue weighted by atomic mass is 35.5. The molecule has 0 radical (unpaired) electrons. The predicted octanol–water partition coefficient (Wildman–Crippen LogP) is 3.51. The van der Waals surface area contributed by atoms with E-state index in [4.69, 9.17) is 21.1 Å². The first-order valence-corrected chi connectivity index (χ1v) is 8.28. The highest BCUT2D eigenvalue weighted by molar-refractivity contribution is 6.31. The summed E-state index contributed by atoms with van der Waals surface area (Å²) >= 11 is 5.91. The molecular weight excluding hydrogens is 376 g/mol. The molecule has 2 rings (SSSR count). The zero-order valence-corrected chi connectivity index (χ0v) is 15.4. The van der Waals surface area contributed by atoms with Gasteiger partial charge in [0.2, 0.25) is 0 Å². The van der Waals surface area contributed by atoms with Gasteiger partial charge in [-0.05, 0) is 43.7 Å². The molecule has 1 amide bonds. The van der Waals surface area contributed by atoms with Crippen LogP contribution in [0.25, 0.3) is 0 Å². The molecule has 0 bridgehead atoms. The largest absolute Gasteiger partial charge is 0.482 e. The maximum atomic E-state index is 12.1. The van der Waals surface area contributed by atoms with Crippen LogP contribution in [0.4, 0.5) is 11.4 Å². The summed E-state index contributed by atoms with van der Waals surface area (Å²) in [6.45, 7) is 2.75. The van der Waals surface area contributed by atoms with Crippen molar-refractivity contribution in [3.63, 3.8) is 0 Å². The average molecular weight is 393 g/mol. The van der Waals surface area contributed by atoms with Crippen LogP contribution in [0.2, 0.25) is 5.02 Å². The fourth-order valence-corrected chi connectivity index (χ4v) is 2.22. The number of aryl methyl sites for hydroxylation is 1. The molecule has 0 fully saturated rings. The Morgan fingerprint density at radius 3 is 2.63 bits per heavy atom. The van der Waals surface area contributed by atoms with Gasteiger partial charge >= 0.3 is 5.97 Å². The molecule has 1 atom stereocenters. The van der Waals surface area contributed by atoms with Gasteiger partial charge in [-0.25, -0.2) is 4.79 Å². The monoisotopic (exact) mass is 392 g/mol. The zero-order chi connectivity index (χ0) is 20.0. The highest BCUT2D eigenvalue weighted by Gasteiger charge is 2.21. The van der Waals surface area contributed by atoms with Gasteiger partial charge in [-0.2, -0.15) is 0 Å². The first-order valence-electron chi connectivity index (χ1n) is 7.90. The molecule has 0 heterocycles. The number of halogens is 1. The molecule has 0 aliphatic carbocycles. The molecular formula is C18H17ClN2O6. The number of carbonyl (C=O) groups excluding carboxylic acids is 2. The first-order chi connectivity index (χ1) is 12.8. The van der Waals surface area contributed by atoms with Gasteiger partial charge in [-0.1, -0.05) is 23.7 Å². The summed E-state index contributed by atoms with van der Waals surface area (Å²) in [4.78, 5) is 34.3. The molecule has 8 nitrogen and oxygen atoms in total. The van der Waals surface area contributed by atoms with Crippen molar-refractivity contribution in [1.82, 2.24) is 0 Å². The number of hydrogen-bond donors (Lipinski definition) is 1. The Bertz CT molecular complexity index is 871. The third-order valence-electron chi connectivity index (χ3n) is 3.52. The molecule has 2 aromatic carbocycles. The van der Waals surface area contributed by atoms with E-state index in [0.29, 0.717) is 10.8 Å². The predicted molar refractivity (Wildman–Crippen MR) is 99.0 cm³/mol. The van der Waals surface area contributed by atoms with E-state index in [1.807, 2.05) is 0 Å². The van der Waals surface area contributed by atoms with E-state index in [0.717, 1.165) is 5.56 Å². The molecule has 142 valence electrons. The van der Waals surface area contributed by atoms with Crippen LogP contribution in [0.3, 0.4) is 0 Å². The van der Waals surface area contributed by atoms with E-state index < -0.39 is 29.5 Å². The SMILES string of the molecule is Cc1cc(OCC(=O)O[C@H](C)C(=O)Nc2ccccc2[N+](=O)[O-])ccc1Cl. The molecule has 1 N–H and O–H groups in total. The Morgan fingerprint density at radius 1 is 1.26 bits per heavy atom. The summed E-state index contributed by atoms with van der Waals surface area (Å²) in [5, 5.41) is 13.9. The van der Waals surface area contributed by atoms with Gasteiger partial charge in [-0.15, -0.1) is 0 Å². The molecule has 2 aromatic rings. The van der Waals surface area contributed by atoms with Crippen molar-refractivity contribution in [3.05, 3.63) is 63.2 Å². The Hall–Kier alpha value is -3.13. The number of anilines is 1. The minimum Gasteiger partial charge on any atom is -0.482 e. The quantitative estimate of drug-likeness (QED) is 0.439. The van der Waals surface area contributed by atoms with Crippen molar-refractivity contribution >= 4 is 34.9 Å². The molecule has 0 spiro atoms. The third kappa shape index (κ3) is 5.68. The fraction of sp³-hybridized carbons (Fsp3) is 0.222. The van der Waals surface area contributed by atoms with Crippen LogP contribution in [0, 0.1) is 17.0 Å². The van der Waals surface area contributed by atoms with E-state index >= 15 is 0 Å². The van der Waals surface area contributed by atoms with Gasteiger partial charge in [0.1, 0.15) is 11.4 Å². The topological polar surface area (TPSA) is 108 Å². The van der Waals surface area contributed by atoms with Gasteiger partial charge < -0.3 is 14.8 Å². The summed E-state index contributed by atoms with van der Waals surface area (Å²) in [6.07, 6.45) is -1.16. The van der Waals surface area contributed by atoms with Crippen LogP contribution in [0.15, 0.2) is 42.5 Å². The second kappa shape index (κ2) is 9.00. The lowest BCUT2D eigenvalue weighted by Crippen LogP contribution is -2.31. The molecule has 27 heavy (non-hydrogen) atoms. The van der Waals surface area contributed by atoms with E-state index in [2.05, 4.69) is 5.32 Å². The molecule has 9 heteroatoms. The van der Waals surface area contributed by atoms with Gasteiger partial charge in [0.15, 0.2) is 12.7 Å². The number of nitro benzene ring substituents is 1. The number of rotatable bonds is 7. The van der Waals surface area contributed by atoms with Crippen molar-refractivity contribution in [2.45, 2.75) is 20.0 Å². The number of nitrogens with zero attached hydrogens (tertiary/aromatic N) is 1. The summed E-state index contributed by atoms with van der Waals surface area (Å²) < 4.78 is 10.3. The molecule has 0 aromatic heterocycles. The van der Waals surface area contributed by atoms with E-state index in [-0.39, 0.29) is 11.4 Å². The number of benzene rings is 2. The van der Waals surface area contributed by atoms with Crippen LogP contribution < -0.4 is 10.1 Å². The summed E-state index contributed by atoms with van der Waals surface area (Å²) in [7, 11) is 0. The van der Waals surface area contributed by atoms with Gasteiger partial charge in [0.05, 0.1) is 4.92 Å². The number of amides is 1. The van der Waals surface area contributed by atoms with Crippen LogP contribution in [0.1, 0.15) is 12.5 Å². The summed E-state index contributed by atoms with van der Waals surface area (Å²) in [5.74, 6) is -1.02. The van der Waals surface area contributed by atoms with Crippen LogP contribution in [0.5, 0.6) is 5.75 Å². The average Bonchev–Trinajstić information content (AvgIpc) is 2.63. The lowest BCUT2D eigenvalue weighted by Gasteiger charge is -2.14. The highest BCUT2D eigenvalue weighted by Crippen LogP contribution is 2.23. The summed E-state index contributed by atoms with van der Waals surface area (Å²) in [6, 6.07) is 10.6. The Kier molecular flexibility index (Phi) is 6.73. The zero-order valence-electron chi connectivity index (χ0n) is 14.6. The lowest BCUT2D eigenvalue weighted by molar-refractivity contribution is -0.383. The Morgan fingerprint density at radius 2 is 1.96 bits per heavy atom. The number of carbonyl (C=O) groups is 2. The van der Waals surface area contributed by atoms with Gasteiger partial charge in [-0.3, -0.25) is 14.9 Å². The van der Waals surface area contributed by atoms with Crippen LogP contribution >= 0.6 is 11.6 Å². The second-order valence-corrected chi connectivity index (χ2v) is 6.00. The minimum atomic E-state index is -1.16. The number of para-hydroxylation sites is 2. The third-order valence-corrected chi connectivity index (χ3v) is 3.95. The van der Waals surface area contributed by atoms with Gasteiger partial charge in [0, 0.05) is 11.1 Å². The second-order valence-electron chi connectivity index (χ2n) is 5.60. The fourth-order valence-electron chi connectivity index (χ4n) is 2.11. The van der Waals surface area contributed by atoms with Crippen LogP contribution in [-0.4, -0.2) is 29.5 Å². The maximum Gasteiger partial charge on any atom is 0.344 e. The lowest BCUT2D eigenvalue weighted by atomic mass is 10.2. The number of nitrogens with one attached hydrogen (secondary N) is 1. The molecule has 0 unspecified atom stereocenters. The molecule has 0 saturated carbocycles. The van der Waals surface area contributed by atoms with Crippen LogP contribution in [-0.2, 0) is 14.3 Å². The van der Waals surface area contributed by atoms with Crippen molar-refractivity contribution < 1.29 is 24.0 Å². The number of esters is 1. The van der Waals surface area contributed by atoms with Gasteiger partial charge in [0.25, 0.3) is 11.6 Å². The normalized spacial score (nSPS) is 11.4. The maximum absolute atomic E-state index is 12.1. The van der Waals surface area contributed by atoms with E-state index in [9.17, 15) is 19.7 Å².